The molecule has 1 aromatic carbocycles. The summed E-state index contributed by atoms with van der Waals surface area (Å²) in [5.74, 6) is -0.280. The van der Waals surface area contributed by atoms with Crippen molar-refractivity contribution in [2.45, 2.75) is 72.0 Å². The van der Waals surface area contributed by atoms with Crippen LogP contribution in [0.25, 0.3) is 0 Å². The lowest BCUT2D eigenvalue weighted by atomic mass is 9.97. The third-order valence-electron chi connectivity index (χ3n) is 4.57. The summed E-state index contributed by atoms with van der Waals surface area (Å²) in [5, 5.41) is 2.85. The number of hydrogen-bond donors (Lipinski definition) is 1. The molecular formula is C21H33NO5. The Morgan fingerprint density at radius 1 is 1.22 bits per heavy atom. The Balaban J connectivity index is 3.09. The Bertz CT molecular complexity index is 631. The number of amides is 1. The second-order valence-corrected chi connectivity index (χ2v) is 6.76. The van der Waals surface area contributed by atoms with E-state index in [-0.39, 0.29) is 18.6 Å². The molecule has 6 heteroatoms. The molecule has 1 N–H and O–H groups in total. The summed E-state index contributed by atoms with van der Waals surface area (Å²) in [5.41, 5.74) is -0.131. The Labute approximate surface area is 162 Å². The molecule has 2 atom stereocenters. The summed E-state index contributed by atoms with van der Waals surface area (Å²) in [6.45, 7) is 9.78. The van der Waals surface area contributed by atoms with Crippen LogP contribution in [0.2, 0.25) is 0 Å². The van der Waals surface area contributed by atoms with E-state index in [4.69, 9.17) is 14.2 Å². The first kappa shape index (κ1) is 23.0. The number of anilines is 1. The van der Waals surface area contributed by atoms with Gasteiger partial charge in [0, 0.05) is 12.8 Å². The van der Waals surface area contributed by atoms with Gasteiger partial charge in [0.2, 0.25) is 0 Å². The predicted octanol–water partition coefficient (Wildman–Crippen LogP) is 4.57. The molecule has 0 radical (unpaired) electrons. The van der Waals surface area contributed by atoms with Crippen molar-refractivity contribution < 1.29 is 23.8 Å². The van der Waals surface area contributed by atoms with Gasteiger partial charge < -0.3 is 19.5 Å². The minimum Gasteiger partial charge on any atom is -0.490 e. The van der Waals surface area contributed by atoms with Crippen molar-refractivity contribution in [3.63, 3.8) is 0 Å². The van der Waals surface area contributed by atoms with Gasteiger partial charge in [-0.2, -0.15) is 0 Å². The minimum atomic E-state index is -0.925. The minimum absolute atomic E-state index is 0.0376. The third kappa shape index (κ3) is 6.54. The Kier molecular flexibility index (Phi) is 9.29. The second kappa shape index (κ2) is 10.9. The van der Waals surface area contributed by atoms with Crippen molar-refractivity contribution in [3.05, 3.63) is 23.8 Å². The lowest BCUT2D eigenvalue weighted by molar-refractivity contribution is -0.136. The van der Waals surface area contributed by atoms with Crippen LogP contribution >= 0.6 is 0 Å². The summed E-state index contributed by atoms with van der Waals surface area (Å²) >= 11 is 0. The Morgan fingerprint density at radius 3 is 2.48 bits per heavy atom. The maximum absolute atomic E-state index is 12.7. The molecule has 0 spiro atoms. The number of carbonyl (C=O) groups excluding carboxylic acids is 2. The normalized spacial score (nSPS) is 14.1. The second-order valence-electron chi connectivity index (χ2n) is 6.76. The van der Waals surface area contributed by atoms with Crippen molar-refractivity contribution in [2.24, 2.45) is 0 Å². The lowest BCUT2D eigenvalue weighted by Crippen LogP contribution is -2.42. The van der Waals surface area contributed by atoms with E-state index < -0.39 is 11.6 Å². The first-order valence-corrected chi connectivity index (χ1v) is 9.65. The molecule has 1 rings (SSSR count). The van der Waals surface area contributed by atoms with E-state index in [1.807, 2.05) is 13.8 Å². The highest BCUT2D eigenvalue weighted by molar-refractivity contribution is 5.99. The molecule has 0 fully saturated rings. The average molecular weight is 379 g/mol. The number of methoxy groups -OCH3 is 1. The zero-order valence-corrected chi connectivity index (χ0v) is 17.4. The predicted molar refractivity (Wildman–Crippen MR) is 106 cm³/mol. The molecule has 0 saturated carbocycles. The fourth-order valence-corrected chi connectivity index (χ4v) is 2.46. The molecule has 0 saturated heterocycles. The first-order chi connectivity index (χ1) is 12.8. The van der Waals surface area contributed by atoms with Gasteiger partial charge in [0.15, 0.2) is 0 Å². The molecule has 1 aromatic rings. The monoisotopic (exact) mass is 379 g/mol. The van der Waals surface area contributed by atoms with Crippen LogP contribution in [0.15, 0.2) is 18.2 Å². The van der Waals surface area contributed by atoms with Gasteiger partial charge >= 0.3 is 5.97 Å². The van der Waals surface area contributed by atoms with Gasteiger partial charge in [-0.3, -0.25) is 4.79 Å². The smallest absolute Gasteiger partial charge is 0.341 e. The Hall–Kier alpha value is -2.08. The fraction of sp³-hybridized carbons (Fsp3) is 0.619. The molecule has 1 amide bonds. The molecule has 27 heavy (non-hydrogen) atoms. The van der Waals surface area contributed by atoms with Crippen LogP contribution < -0.4 is 10.1 Å². The molecule has 0 unspecified atom stereocenters. The summed E-state index contributed by atoms with van der Waals surface area (Å²) < 4.78 is 16.4. The third-order valence-corrected chi connectivity index (χ3v) is 4.57. The van der Waals surface area contributed by atoms with Crippen molar-refractivity contribution in [3.8, 4) is 5.75 Å². The quantitative estimate of drug-likeness (QED) is 0.570. The highest BCUT2D eigenvalue weighted by Crippen LogP contribution is 2.27. The van der Waals surface area contributed by atoms with Crippen LogP contribution in [-0.2, 0) is 14.3 Å². The molecule has 0 heterocycles. The molecule has 0 aliphatic carbocycles. The van der Waals surface area contributed by atoms with Crippen LogP contribution in [0, 0.1) is 0 Å². The van der Waals surface area contributed by atoms with Gasteiger partial charge in [-0.25, -0.2) is 4.79 Å². The van der Waals surface area contributed by atoms with Crippen LogP contribution in [0.5, 0.6) is 5.75 Å². The topological polar surface area (TPSA) is 73.9 Å². The van der Waals surface area contributed by atoms with Crippen molar-refractivity contribution in [2.75, 3.05) is 19.0 Å². The van der Waals surface area contributed by atoms with Crippen molar-refractivity contribution >= 4 is 17.6 Å². The maximum atomic E-state index is 12.7. The number of unbranched alkanes of at least 4 members (excludes halogenated alkanes) is 1. The number of nitrogens with one attached hydrogen (secondary N) is 1. The van der Waals surface area contributed by atoms with Gasteiger partial charge in [-0.15, -0.1) is 0 Å². The van der Waals surface area contributed by atoms with Gasteiger partial charge in [0.1, 0.15) is 16.9 Å². The summed E-state index contributed by atoms with van der Waals surface area (Å²) in [7, 11) is 1.53. The summed E-state index contributed by atoms with van der Waals surface area (Å²) in [6.07, 6.45) is 3.24. The largest absolute Gasteiger partial charge is 0.490 e. The van der Waals surface area contributed by atoms with E-state index in [1.165, 1.54) is 7.11 Å². The van der Waals surface area contributed by atoms with Crippen LogP contribution in [-0.4, -0.2) is 37.3 Å². The SMILES string of the molecule is CCCC[C@@](C)(OC)C(=O)Nc1ccc(O[C@@H](C)CC)c(C(=O)OCC)c1. The van der Waals surface area contributed by atoms with Gasteiger partial charge in [0.05, 0.1) is 12.7 Å². The lowest BCUT2D eigenvalue weighted by Gasteiger charge is -2.27. The number of carbonyl (C=O) groups is 2. The number of ether oxygens (including phenoxy) is 3. The highest BCUT2D eigenvalue weighted by atomic mass is 16.5. The highest BCUT2D eigenvalue weighted by Gasteiger charge is 2.32. The molecule has 0 aliphatic rings. The molecular weight excluding hydrogens is 346 g/mol. The summed E-state index contributed by atoms with van der Waals surface area (Å²) in [4.78, 5) is 25.0. The standard InChI is InChI=1S/C21H33NO5/c1-7-10-13-21(5,25-6)20(24)22-16-11-12-18(27-15(4)8-2)17(14-16)19(23)26-9-3/h11-12,14-15H,7-10,13H2,1-6H3,(H,22,24)/t15-,21+/m0/s1. The fourth-order valence-electron chi connectivity index (χ4n) is 2.46. The molecule has 0 aromatic heterocycles. The van der Waals surface area contributed by atoms with Gasteiger partial charge in [0.25, 0.3) is 5.91 Å². The molecule has 152 valence electrons. The number of rotatable bonds is 11. The zero-order chi connectivity index (χ0) is 20.4. The van der Waals surface area contributed by atoms with E-state index in [0.717, 1.165) is 19.3 Å². The van der Waals surface area contributed by atoms with E-state index in [2.05, 4.69) is 12.2 Å². The van der Waals surface area contributed by atoms with E-state index in [9.17, 15) is 9.59 Å². The van der Waals surface area contributed by atoms with E-state index in [0.29, 0.717) is 23.4 Å². The summed E-state index contributed by atoms with van der Waals surface area (Å²) in [6, 6.07) is 4.99. The zero-order valence-electron chi connectivity index (χ0n) is 17.4. The molecule has 6 nitrogen and oxygen atoms in total. The molecule has 0 bridgehead atoms. The van der Waals surface area contributed by atoms with Crippen LogP contribution in [0.4, 0.5) is 5.69 Å². The molecule has 0 aliphatic heterocycles. The van der Waals surface area contributed by atoms with Crippen LogP contribution in [0.3, 0.4) is 0 Å². The Morgan fingerprint density at radius 2 is 1.93 bits per heavy atom. The van der Waals surface area contributed by atoms with Gasteiger partial charge in [-0.05, 0) is 51.8 Å². The van der Waals surface area contributed by atoms with Crippen molar-refractivity contribution in [1.82, 2.24) is 0 Å². The van der Waals surface area contributed by atoms with Gasteiger partial charge in [-0.1, -0.05) is 26.7 Å². The number of hydrogen-bond acceptors (Lipinski definition) is 5. The number of esters is 1. The number of benzene rings is 1. The van der Waals surface area contributed by atoms with Crippen LogP contribution in [0.1, 0.15) is 70.7 Å². The first-order valence-electron chi connectivity index (χ1n) is 9.65. The average Bonchev–Trinajstić information content (AvgIpc) is 2.67. The van der Waals surface area contributed by atoms with E-state index in [1.54, 1.807) is 32.0 Å². The van der Waals surface area contributed by atoms with Crippen molar-refractivity contribution in [1.29, 1.82) is 0 Å². The van der Waals surface area contributed by atoms with E-state index >= 15 is 0 Å². The maximum Gasteiger partial charge on any atom is 0.341 e.